The van der Waals surface area contributed by atoms with Gasteiger partial charge in [0, 0.05) is 18.7 Å². The molecule has 1 aromatic rings. The number of rotatable bonds is 7. The Morgan fingerprint density at radius 2 is 1.76 bits per heavy atom. The fraction of sp³-hybridized carbons (Fsp3) is 0.750. The topological polar surface area (TPSA) is 53.1 Å². The maximum Gasteiger partial charge on any atom is 0.134 e. The van der Waals surface area contributed by atoms with Gasteiger partial charge in [0.2, 0.25) is 0 Å². The summed E-state index contributed by atoms with van der Waals surface area (Å²) in [5, 5.41) is 6.83. The fourth-order valence-corrected chi connectivity index (χ4v) is 2.80. The van der Waals surface area contributed by atoms with E-state index in [0.29, 0.717) is 0 Å². The van der Waals surface area contributed by atoms with Crippen LogP contribution < -0.4 is 10.6 Å². The van der Waals surface area contributed by atoms with Gasteiger partial charge < -0.3 is 15.5 Å². The summed E-state index contributed by atoms with van der Waals surface area (Å²) in [6.45, 7) is 8.66. The average Bonchev–Trinajstić information content (AvgIpc) is 2.50. The molecular weight excluding hydrogens is 262 g/mol. The van der Waals surface area contributed by atoms with Crippen molar-refractivity contribution in [3.63, 3.8) is 0 Å². The first kappa shape index (κ1) is 16.0. The largest absolute Gasteiger partial charge is 0.370 e. The average molecular weight is 291 g/mol. The summed E-state index contributed by atoms with van der Waals surface area (Å²) in [6, 6.07) is 0. The lowest BCUT2D eigenvalue weighted by atomic mass is 9.94. The molecule has 5 nitrogen and oxygen atoms in total. The predicted octanol–water partition coefficient (Wildman–Crippen LogP) is 2.75. The normalized spacial score (nSPS) is 16.9. The molecular formula is C16H29N5. The third-order valence-electron chi connectivity index (χ3n) is 4.31. The zero-order chi connectivity index (χ0) is 15.1. The molecule has 1 aliphatic rings. The molecule has 1 aliphatic heterocycles. The Morgan fingerprint density at radius 3 is 2.38 bits per heavy atom. The van der Waals surface area contributed by atoms with E-state index in [4.69, 9.17) is 0 Å². The third-order valence-corrected chi connectivity index (χ3v) is 4.31. The molecule has 0 amide bonds. The molecule has 0 atom stereocenters. The van der Waals surface area contributed by atoms with Crippen molar-refractivity contribution < 1.29 is 0 Å². The van der Waals surface area contributed by atoms with Crippen molar-refractivity contribution in [2.75, 3.05) is 43.9 Å². The van der Waals surface area contributed by atoms with E-state index in [-0.39, 0.29) is 0 Å². The van der Waals surface area contributed by atoms with Gasteiger partial charge in [-0.2, -0.15) is 0 Å². The lowest BCUT2D eigenvalue weighted by Gasteiger charge is -2.29. The van der Waals surface area contributed by atoms with Gasteiger partial charge in [-0.15, -0.1) is 0 Å². The van der Waals surface area contributed by atoms with Crippen LogP contribution in [0.25, 0.3) is 0 Å². The Labute approximate surface area is 128 Å². The highest BCUT2D eigenvalue weighted by atomic mass is 15.1. The van der Waals surface area contributed by atoms with Gasteiger partial charge in [-0.1, -0.05) is 6.92 Å². The van der Waals surface area contributed by atoms with E-state index in [1.54, 1.807) is 6.33 Å². The molecule has 0 aromatic carbocycles. The number of piperidine rings is 1. The number of nitrogens with one attached hydrogen (secondary N) is 2. The monoisotopic (exact) mass is 291 g/mol. The second-order valence-corrected chi connectivity index (χ2v) is 6.08. The summed E-state index contributed by atoms with van der Waals surface area (Å²) in [5.74, 6) is 2.78. The van der Waals surface area contributed by atoms with Gasteiger partial charge in [-0.3, -0.25) is 0 Å². The zero-order valence-corrected chi connectivity index (χ0v) is 13.7. The number of nitrogens with zero attached hydrogens (tertiary/aromatic N) is 3. The van der Waals surface area contributed by atoms with E-state index in [1.165, 1.54) is 32.4 Å². The Hall–Kier alpha value is -1.36. The van der Waals surface area contributed by atoms with Crippen molar-refractivity contribution >= 4 is 11.6 Å². The molecule has 1 saturated heterocycles. The maximum atomic E-state index is 4.37. The van der Waals surface area contributed by atoms with Crippen LogP contribution in [0.1, 0.15) is 38.2 Å². The summed E-state index contributed by atoms with van der Waals surface area (Å²) in [5.41, 5.74) is 1.12. The Kier molecular flexibility index (Phi) is 6.23. The zero-order valence-electron chi connectivity index (χ0n) is 13.7. The van der Waals surface area contributed by atoms with Gasteiger partial charge in [0.25, 0.3) is 0 Å². The lowest BCUT2D eigenvalue weighted by Crippen LogP contribution is -2.30. The van der Waals surface area contributed by atoms with Crippen molar-refractivity contribution in [3.8, 4) is 0 Å². The van der Waals surface area contributed by atoms with Gasteiger partial charge in [-0.05, 0) is 58.7 Å². The molecule has 2 rings (SSSR count). The predicted molar refractivity (Wildman–Crippen MR) is 88.9 cm³/mol. The number of aromatic nitrogens is 2. The van der Waals surface area contributed by atoms with E-state index in [9.17, 15) is 0 Å². The molecule has 5 heteroatoms. The highest BCUT2D eigenvalue weighted by Gasteiger charge is 2.16. The molecule has 118 valence electrons. The van der Waals surface area contributed by atoms with Crippen LogP contribution in [0.15, 0.2) is 6.33 Å². The van der Waals surface area contributed by atoms with Gasteiger partial charge in [0.05, 0.1) is 0 Å². The van der Waals surface area contributed by atoms with E-state index in [0.717, 1.165) is 42.6 Å². The Morgan fingerprint density at radius 1 is 1.14 bits per heavy atom. The number of likely N-dealkylation sites (tertiary alicyclic amines) is 1. The summed E-state index contributed by atoms with van der Waals surface area (Å²) in [4.78, 5) is 11.1. The minimum atomic E-state index is 0.855. The van der Waals surface area contributed by atoms with E-state index < -0.39 is 0 Å². The van der Waals surface area contributed by atoms with Crippen molar-refractivity contribution in [1.82, 2.24) is 14.9 Å². The van der Waals surface area contributed by atoms with Gasteiger partial charge in [0.1, 0.15) is 18.0 Å². The van der Waals surface area contributed by atoms with Crippen molar-refractivity contribution in [3.05, 3.63) is 11.9 Å². The smallest absolute Gasteiger partial charge is 0.134 e. The number of hydrogen-bond acceptors (Lipinski definition) is 5. The molecule has 0 bridgehead atoms. The molecule has 0 radical (unpaired) electrons. The summed E-state index contributed by atoms with van der Waals surface area (Å²) in [7, 11) is 2.21. The molecule has 0 unspecified atom stereocenters. The van der Waals surface area contributed by atoms with Gasteiger partial charge in [0.15, 0.2) is 0 Å². The SMILES string of the molecule is CCCNc1ncnc(NCCC2CCN(C)CC2)c1C. The lowest BCUT2D eigenvalue weighted by molar-refractivity contribution is 0.215. The second kappa shape index (κ2) is 8.17. The fourth-order valence-electron chi connectivity index (χ4n) is 2.80. The quantitative estimate of drug-likeness (QED) is 0.809. The molecule has 1 fully saturated rings. The maximum absolute atomic E-state index is 4.37. The molecule has 0 aliphatic carbocycles. The van der Waals surface area contributed by atoms with E-state index in [1.807, 2.05) is 0 Å². The molecule has 2 heterocycles. The first-order chi connectivity index (χ1) is 10.2. The molecule has 0 saturated carbocycles. The highest BCUT2D eigenvalue weighted by molar-refractivity contribution is 5.56. The van der Waals surface area contributed by atoms with Crippen LogP contribution in [0, 0.1) is 12.8 Å². The van der Waals surface area contributed by atoms with Crippen molar-refractivity contribution in [2.24, 2.45) is 5.92 Å². The first-order valence-corrected chi connectivity index (χ1v) is 8.18. The van der Waals surface area contributed by atoms with Crippen LogP contribution in [0.3, 0.4) is 0 Å². The number of anilines is 2. The minimum absolute atomic E-state index is 0.855. The van der Waals surface area contributed by atoms with Gasteiger partial charge >= 0.3 is 0 Å². The van der Waals surface area contributed by atoms with Crippen LogP contribution in [-0.2, 0) is 0 Å². The minimum Gasteiger partial charge on any atom is -0.370 e. The number of hydrogen-bond donors (Lipinski definition) is 2. The van der Waals surface area contributed by atoms with Crippen LogP contribution in [0.2, 0.25) is 0 Å². The third kappa shape index (κ3) is 4.84. The highest BCUT2D eigenvalue weighted by Crippen LogP contribution is 2.21. The van der Waals surface area contributed by atoms with Crippen molar-refractivity contribution in [1.29, 1.82) is 0 Å². The molecule has 2 N–H and O–H groups in total. The summed E-state index contributed by atoms with van der Waals surface area (Å²) in [6.07, 6.45) is 6.62. The second-order valence-electron chi connectivity index (χ2n) is 6.08. The molecule has 1 aromatic heterocycles. The van der Waals surface area contributed by atoms with E-state index in [2.05, 4.69) is 46.4 Å². The van der Waals surface area contributed by atoms with Crippen LogP contribution in [0.5, 0.6) is 0 Å². The summed E-state index contributed by atoms with van der Waals surface area (Å²) >= 11 is 0. The van der Waals surface area contributed by atoms with Crippen LogP contribution in [0.4, 0.5) is 11.6 Å². The molecule has 21 heavy (non-hydrogen) atoms. The van der Waals surface area contributed by atoms with Crippen LogP contribution in [-0.4, -0.2) is 48.1 Å². The summed E-state index contributed by atoms with van der Waals surface area (Å²) < 4.78 is 0. The standard InChI is InChI=1S/C16H29N5/c1-4-8-17-15-13(2)16(20-12-19-15)18-9-5-14-6-10-21(3)11-7-14/h12,14H,4-11H2,1-3H3,(H2,17,18,19,20). The van der Waals surface area contributed by atoms with Crippen LogP contribution >= 0.6 is 0 Å². The van der Waals surface area contributed by atoms with Crippen molar-refractivity contribution in [2.45, 2.75) is 39.5 Å². The first-order valence-electron chi connectivity index (χ1n) is 8.18. The molecule has 0 spiro atoms. The Bertz CT molecular complexity index is 427. The Balaban J connectivity index is 1.80. The van der Waals surface area contributed by atoms with E-state index >= 15 is 0 Å². The van der Waals surface area contributed by atoms with Gasteiger partial charge in [-0.25, -0.2) is 9.97 Å².